The first-order valence-electron chi connectivity index (χ1n) is 5.49. The fraction of sp³-hybridized carbons (Fsp3) is 0.455. The summed E-state index contributed by atoms with van der Waals surface area (Å²) < 4.78 is 24.0. The molecule has 1 aromatic heterocycles. The Balaban J connectivity index is 2.93. The van der Waals surface area contributed by atoms with Crippen molar-refractivity contribution in [2.24, 2.45) is 5.84 Å². The van der Waals surface area contributed by atoms with Gasteiger partial charge >= 0.3 is 0 Å². The zero-order valence-corrected chi connectivity index (χ0v) is 10.2. The minimum absolute atomic E-state index is 0.0972. The number of hydrogen-bond donors (Lipinski definition) is 3. The second-order valence-electron chi connectivity index (χ2n) is 4.07. The molecule has 4 N–H and O–H groups in total. The van der Waals surface area contributed by atoms with Gasteiger partial charge in [0.25, 0.3) is 12.3 Å². The summed E-state index contributed by atoms with van der Waals surface area (Å²) in [5.74, 6) is 5.09. The number of rotatable bonds is 5. The first kappa shape index (κ1) is 14.3. The van der Waals surface area contributed by atoms with Crippen LogP contribution in [-0.4, -0.2) is 23.9 Å². The maximum absolute atomic E-state index is 12.0. The number of hydrogen-bond acceptors (Lipinski definition) is 4. The van der Waals surface area contributed by atoms with Crippen molar-refractivity contribution in [3.8, 4) is 0 Å². The number of pyridine rings is 1. The number of carbonyl (C=O) groups is 1. The van der Waals surface area contributed by atoms with Gasteiger partial charge in [-0.1, -0.05) is 13.8 Å². The van der Waals surface area contributed by atoms with Gasteiger partial charge in [-0.25, -0.2) is 19.6 Å². The Kier molecular flexibility index (Phi) is 4.96. The molecule has 1 aromatic rings. The Bertz CT molecular complexity index is 424. The minimum atomic E-state index is -2.58. The van der Waals surface area contributed by atoms with Crippen molar-refractivity contribution in [1.29, 1.82) is 0 Å². The van der Waals surface area contributed by atoms with Crippen LogP contribution in [0.25, 0.3) is 0 Å². The molecule has 0 atom stereocenters. The summed E-state index contributed by atoms with van der Waals surface area (Å²) >= 11 is 0. The minimum Gasteiger partial charge on any atom is -0.346 e. The number of carbonyl (C=O) groups excluding carboxylic acids is 1. The molecule has 0 saturated carbocycles. The molecular formula is C11H16F2N4O. The molecule has 1 rings (SSSR count). The summed E-state index contributed by atoms with van der Waals surface area (Å²) in [4.78, 5) is 15.8. The largest absolute Gasteiger partial charge is 0.346 e. The van der Waals surface area contributed by atoms with Gasteiger partial charge in [-0.15, -0.1) is 0 Å². The smallest absolute Gasteiger partial charge is 0.255 e. The van der Waals surface area contributed by atoms with Crippen molar-refractivity contribution >= 4 is 11.7 Å². The number of alkyl halides is 2. The molecule has 0 spiro atoms. The van der Waals surface area contributed by atoms with Crippen LogP contribution in [0, 0.1) is 0 Å². The molecule has 0 aliphatic heterocycles. The lowest BCUT2D eigenvalue weighted by Crippen LogP contribution is -2.28. The zero-order valence-electron chi connectivity index (χ0n) is 10.2. The van der Waals surface area contributed by atoms with Gasteiger partial charge in [0, 0.05) is 11.3 Å². The summed E-state index contributed by atoms with van der Waals surface area (Å²) in [6.07, 6.45) is -2.58. The lowest BCUT2D eigenvalue weighted by atomic mass is 10.1. The van der Waals surface area contributed by atoms with Crippen molar-refractivity contribution in [3.63, 3.8) is 0 Å². The van der Waals surface area contributed by atoms with Crippen LogP contribution in [0.2, 0.25) is 0 Å². The van der Waals surface area contributed by atoms with E-state index in [9.17, 15) is 13.6 Å². The summed E-state index contributed by atoms with van der Waals surface area (Å²) in [5.41, 5.74) is 3.26. The van der Waals surface area contributed by atoms with E-state index in [-0.39, 0.29) is 11.5 Å². The fourth-order valence-electron chi connectivity index (χ4n) is 1.32. The van der Waals surface area contributed by atoms with E-state index >= 15 is 0 Å². The van der Waals surface area contributed by atoms with E-state index in [2.05, 4.69) is 15.7 Å². The van der Waals surface area contributed by atoms with Gasteiger partial charge in [0.15, 0.2) is 0 Å². The fourth-order valence-corrected chi connectivity index (χ4v) is 1.32. The zero-order chi connectivity index (χ0) is 13.7. The quantitative estimate of drug-likeness (QED) is 0.552. The monoisotopic (exact) mass is 258 g/mol. The SMILES string of the molecule is CC(C)c1cc(C(=O)NCC(F)F)cc(NN)n1. The van der Waals surface area contributed by atoms with E-state index in [0.29, 0.717) is 11.5 Å². The molecule has 7 heteroatoms. The molecule has 1 amide bonds. The lowest BCUT2D eigenvalue weighted by molar-refractivity contribution is 0.0891. The van der Waals surface area contributed by atoms with Crippen LogP contribution in [-0.2, 0) is 0 Å². The van der Waals surface area contributed by atoms with Crippen LogP contribution in [0.15, 0.2) is 12.1 Å². The van der Waals surface area contributed by atoms with Gasteiger partial charge in [0.2, 0.25) is 0 Å². The first-order valence-corrected chi connectivity index (χ1v) is 5.49. The van der Waals surface area contributed by atoms with Gasteiger partial charge in [0.05, 0.1) is 6.54 Å². The van der Waals surface area contributed by atoms with Gasteiger partial charge in [-0.2, -0.15) is 0 Å². The molecule has 0 fully saturated rings. The summed E-state index contributed by atoms with van der Waals surface area (Å²) in [7, 11) is 0. The number of nitrogens with one attached hydrogen (secondary N) is 2. The third kappa shape index (κ3) is 3.92. The topological polar surface area (TPSA) is 80.0 Å². The van der Waals surface area contributed by atoms with Gasteiger partial charge in [-0.3, -0.25) is 4.79 Å². The van der Waals surface area contributed by atoms with Crippen molar-refractivity contribution in [2.75, 3.05) is 12.0 Å². The average Bonchev–Trinajstić information content (AvgIpc) is 2.35. The van der Waals surface area contributed by atoms with Crippen molar-refractivity contribution in [1.82, 2.24) is 10.3 Å². The highest BCUT2D eigenvalue weighted by molar-refractivity contribution is 5.95. The number of aromatic nitrogens is 1. The van der Waals surface area contributed by atoms with Crippen LogP contribution < -0.4 is 16.6 Å². The Hall–Kier alpha value is -1.76. The maximum Gasteiger partial charge on any atom is 0.255 e. The second-order valence-corrected chi connectivity index (χ2v) is 4.07. The van der Waals surface area contributed by atoms with Gasteiger partial charge in [0.1, 0.15) is 5.82 Å². The first-order chi connectivity index (χ1) is 8.43. The predicted octanol–water partition coefficient (Wildman–Crippen LogP) is 1.49. The summed E-state index contributed by atoms with van der Waals surface area (Å²) in [6, 6.07) is 2.97. The third-order valence-corrected chi connectivity index (χ3v) is 2.26. The Labute approximate surface area is 104 Å². The number of nitrogens with two attached hydrogens (primary N) is 1. The van der Waals surface area contributed by atoms with E-state index in [1.807, 2.05) is 13.8 Å². The summed E-state index contributed by atoms with van der Waals surface area (Å²) in [6.45, 7) is 3.14. The normalized spacial score (nSPS) is 10.8. The molecular weight excluding hydrogens is 242 g/mol. The Morgan fingerprint density at radius 1 is 1.44 bits per heavy atom. The number of amides is 1. The van der Waals surface area contributed by atoms with E-state index in [1.165, 1.54) is 6.07 Å². The number of nitrogens with zero attached hydrogens (tertiary/aromatic N) is 1. The molecule has 0 saturated heterocycles. The maximum atomic E-state index is 12.0. The molecule has 0 aromatic carbocycles. The van der Waals surface area contributed by atoms with Crippen molar-refractivity contribution < 1.29 is 13.6 Å². The highest BCUT2D eigenvalue weighted by atomic mass is 19.3. The number of anilines is 1. The second kappa shape index (κ2) is 6.25. The molecule has 1 heterocycles. The lowest BCUT2D eigenvalue weighted by Gasteiger charge is -2.11. The third-order valence-electron chi connectivity index (χ3n) is 2.26. The molecule has 100 valence electrons. The van der Waals surface area contributed by atoms with Crippen LogP contribution in [0.5, 0.6) is 0 Å². The van der Waals surface area contributed by atoms with E-state index in [1.54, 1.807) is 6.07 Å². The standard InChI is InChI=1S/C11H16F2N4O/c1-6(2)8-3-7(4-10(16-8)17-14)11(18)15-5-9(12)13/h3-4,6,9H,5,14H2,1-2H3,(H,15,18)(H,16,17). The molecule has 18 heavy (non-hydrogen) atoms. The Morgan fingerprint density at radius 3 is 2.61 bits per heavy atom. The van der Waals surface area contributed by atoms with E-state index < -0.39 is 18.9 Å². The van der Waals surface area contributed by atoms with Crippen molar-refractivity contribution in [2.45, 2.75) is 26.2 Å². The molecule has 0 unspecified atom stereocenters. The number of halogens is 2. The highest BCUT2D eigenvalue weighted by Gasteiger charge is 2.13. The van der Waals surface area contributed by atoms with Crippen LogP contribution in [0.3, 0.4) is 0 Å². The van der Waals surface area contributed by atoms with Crippen LogP contribution in [0.4, 0.5) is 14.6 Å². The van der Waals surface area contributed by atoms with E-state index in [4.69, 9.17) is 5.84 Å². The molecule has 0 aliphatic carbocycles. The Morgan fingerprint density at radius 2 is 2.11 bits per heavy atom. The number of nitrogen functional groups attached to an aromatic ring is 1. The van der Waals surface area contributed by atoms with Gasteiger partial charge < -0.3 is 10.7 Å². The predicted molar refractivity (Wildman–Crippen MR) is 64.5 cm³/mol. The molecule has 5 nitrogen and oxygen atoms in total. The summed E-state index contributed by atoms with van der Waals surface area (Å²) in [5, 5.41) is 2.13. The van der Waals surface area contributed by atoms with Gasteiger partial charge in [-0.05, 0) is 18.1 Å². The molecule has 0 bridgehead atoms. The number of hydrazine groups is 1. The average molecular weight is 258 g/mol. The van der Waals surface area contributed by atoms with Crippen molar-refractivity contribution in [3.05, 3.63) is 23.4 Å². The van der Waals surface area contributed by atoms with E-state index in [0.717, 1.165) is 0 Å². The van der Waals surface area contributed by atoms with Crippen LogP contribution >= 0.6 is 0 Å². The van der Waals surface area contributed by atoms with Crippen LogP contribution in [0.1, 0.15) is 35.8 Å². The molecule has 0 radical (unpaired) electrons. The molecule has 0 aliphatic rings. The highest BCUT2D eigenvalue weighted by Crippen LogP contribution is 2.17.